The SMILES string of the molecule is CC(C)=C/C=C1/C(=O)C=CC1(O)CC#Cc1ccccc1. The molecule has 0 bridgehead atoms. The molecule has 0 aliphatic heterocycles. The standard InChI is InChI=1S/C19H18O2/c1-15(2)10-11-17-18(20)12-14-19(17,21)13-6-9-16-7-4-3-5-8-16/h3-5,7-8,10-12,14,21H,13H2,1-2H3/b17-11-. The molecule has 1 N–H and O–H groups in total. The van der Waals surface area contributed by atoms with Crippen molar-refractivity contribution in [2.75, 3.05) is 0 Å². The Labute approximate surface area is 125 Å². The first-order chi connectivity index (χ1) is 10.0. The van der Waals surface area contributed by atoms with Crippen molar-refractivity contribution in [3.63, 3.8) is 0 Å². The van der Waals surface area contributed by atoms with Crippen molar-refractivity contribution < 1.29 is 9.90 Å². The van der Waals surface area contributed by atoms with Gasteiger partial charge in [0.05, 0.1) is 0 Å². The molecule has 0 fully saturated rings. The average molecular weight is 278 g/mol. The average Bonchev–Trinajstić information content (AvgIpc) is 2.73. The van der Waals surface area contributed by atoms with Crippen LogP contribution in [-0.2, 0) is 4.79 Å². The molecule has 1 aliphatic carbocycles. The van der Waals surface area contributed by atoms with Crippen molar-refractivity contribution in [1.82, 2.24) is 0 Å². The number of rotatable bonds is 2. The molecule has 1 aromatic rings. The molecule has 2 heteroatoms. The van der Waals surface area contributed by atoms with E-state index in [0.717, 1.165) is 11.1 Å². The lowest BCUT2D eigenvalue weighted by molar-refractivity contribution is -0.112. The van der Waals surface area contributed by atoms with Crippen LogP contribution in [0.1, 0.15) is 25.8 Å². The number of carbonyl (C=O) groups excluding carboxylic acids is 1. The van der Waals surface area contributed by atoms with Gasteiger partial charge >= 0.3 is 0 Å². The van der Waals surface area contributed by atoms with Gasteiger partial charge in [-0.3, -0.25) is 4.79 Å². The fourth-order valence-electron chi connectivity index (χ4n) is 2.04. The zero-order valence-electron chi connectivity index (χ0n) is 12.3. The van der Waals surface area contributed by atoms with E-state index in [0.29, 0.717) is 5.57 Å². The molecule has 0 radical (unpaired) electrons. The van der Waals surface area contributed by atoms with Gasteiger partial charge in [-0.05, 0) is 38.1 Å². The van der Waals surface area contributed by atoms with Crippen molar-refractivity contribution in [2.24, 2.45) is 0 Å². The molecule has 1 unspecified atom stereocenters. The largest absolute Gasteiger partial charge is 0.380 e. The van der Waals surface area contributed by atoms with Gasteiger partial charge < -0.3 is 5.11 Å². The summed E-state index contributed by atoms with van der Waals surface area (Å²) in [6.07, 6.45) is 6.65. The molecular weight excluding hydrogens is 260 g/mol. The highest BCUT2D eigenvalue weighted by atomic mass is 16.3. The minimum Gasteiger partial charge on any atom is -0.380 e. The number of carbonyl (C=O) groups is 1. The third kappa shape index (κ3) is 3.81. The monoisotopic (exact) mass is 278 g/mol. The second kappa shape index (κ2) is 6.39. The van der Waals surface area contributed by atoms with E-state index >= 15 is 0 Å². The van der Waals surface area contributed by atoms with Crippen LogP contribution >= 0.6 is 0 Å². The lowest BCUT2D eigenvalue weighted by atomic mass is 9.92. The Morgan fingerprint density at radius 1 is 1.29 bits per heavy atom. The third-order valence-electron chi connectivity index (χ3n) is 3.19. The van der Waals surface area contributed by atoms with E-state index in [9.17, 15) is 9.90 Å². The summed E-state index contributed by atoms with van der Waals surface area (Å²) in [6.45, 7) is 3.89. The number of aliphatic hydroxyl groups is 1. The molecule has 1 atom stereocenters. The van der Waals surface area contributed by atoms with Crippen LogP contribution in [0, 0.1) is 11.8 Å². The van der Waals surface area contributed by atoms with Crippen LogP contribution in [0.3, 0.4) is 0 Å². The van der Waals surface area contributed by atoms with E-state index in [1.807, 2.05) is 50.3 Å². The molecule has 0 saturated heterocycles. The number of benzene rings is 1. The van der Waals surface area contributed by atoms with Crippen molar-refractivity contribution in [3.05, 3.63) is 71.3 Å². The maximum Gasteiger partial charge on any atom is 0.184 e. The fraction of sp³-hybridized carbons (Fsp3) is 0.211. The Kier molecular flexibility index (Phi) is 4.57. The quantitative estimate of drug-likeness (QED) is 0.666. The van der Waals surface area contributed by atoms with Gasteiger partial charge in [0, 0.05) is 17.6 Å². The maximum absolute atomic E-state index is 11.8. The Bertz CT molecular complexity index is 677. The van der Waals surface area contributed by atoms with Crippen LogP contribution in [0.15, 0.2) is 65.8 Å². The lowest BCUT2D eigenvalue weighted by Gasteiger charge is -2.19. The Morgan fingerprint density at radius 3 is 2.67 bits per heavy atom. The van der Waals surface area contributed by atoms with Gasteiger partial charge in [0.2, 0.25) is 0 Å². The second-order valence-electron chi connectivity index (χ2n) is 5.29. The molecule has 1 aliphatic rings. The second-order valence-corrected chi connectivity index (χ2v) is 5.29. The summed E-state index contributed by atoms with van der Waals surface area (Å²) in [5.41, 5.74) is 1.06. The van der Waals surface area contributed by atoms with Crippen molar-refractivity contribution in [2.45, 2.75) is 25.9 Å². The fourth-order valence-corrected chi connectivity index (χ4v) is 2.04. The summed E-state index contributed by atoms with van der Waals surface area (Å²) < 4.78 is 0. The van der Waals surface area contributed by atoms with E-state index in [-0.39, 0.29) is 12.2 Å². The van der Waals surface area contributed by atoms with Gasteiger partial charge in [0.1, 0.15) is 5.60 Å². The van der Waals surface area contributed by atoms with Crippen LogP contribution in [0.2, 0.25) is 0 Å². The minimum absolute atomic E-state index is 0.156. The molecule has 21 heavy (non-hydrogen) atoms. The minimum atomic E-state index is -1.29. The third-order valence-corrected chi connectivity index (χ3v) is 3.19. The molecule has 2 rings (SSSR count). The molecule has 106 valence electrons. The van der Waals surface area contributed by atoms with Gasteiger partial charge in [-0.1, -0.05) is 47.8 Å². The Morgan fingerprint density at radius 2 is 2.00 bits per heavy atom. The number of ketones is 1. The first-order valence-electron chi connectivity index (χ1n) is 6.87. The Hall–Kier alpha value is -2.37. The van der Waals surface area contributed by atoms with Crippen LogP contribution in [-0.4, -0.2) is 16.5 Å². The zero-order chi connectivity index (χ0) is 15.3. The summed E-state index contributed by atoms with van der Waals surface area (Å²) in [5.74, 6) is 5.80. The van der Waals surface area contributed by atoms with Gasteiger partial charge in [-0.25, -0.2) is 0 Å². The highest BCUT2D eigenvalue weighted by molar-refractivity contribution is 6.09. The molecule has 0 heterocycles. The number of allylic oxidation sites excluding steroid dienone is 4. The highest BCUT2D eigenvalue weighted by Gasteiger charge is 2.36. The van der Waals surface area contributed by atoms with Gasteiger partial charge in [0.15, 0.2) is 5.78 Å². The smallest absolute Gasteiger partial charge is 0.184 e. The molecule has 2 nitrogen and oxygen atoms in total. The summed E-state index contributed by atoms with van der Waals surface area (Å²) in [6, 6.07) is 9.58. The van der Waals surface area contributed by atoms with E-state index in [1.165, 1.54) is 12.2 Å². The first kappa shape index (κ1) is 15.0. The normalized spacial score (nSPS) is 22.0. The Balaban J connectivity index is 2.19. The van der Waals surface area contributed by atoms with E-state index in [1.54, 1.807) is 6.08 Å². The van der Waals surface area contributed by atoms with Crippen LogP contribution in [0.5, 0.6) is 0 Å². The van der Waals surface area contributed by atoms with Gasteiger partial charge in [0.25, 0.3) is 0 Å². The van der Waals surface area contributed by atoms with E-state index < -0.39 is 5.60 Å². The predicted molar refractivity (Wildman–Crippen MR) is 84.5 cm³/mol. The molecule has 1 aromatic carbocycles. The van der Waals surface area contributed by atoms with Crippen LogP contribution < -0.4 is 0 Å². The predicted octanol–water partition coefficient (Wildman–Crippen LogP) is 3.19. The van der Waals surface area contributed by atoms with E-state index in [4.69, 9.17) is 0 Å². The van der Waals surface area contributed by atoms with Crippen LogP contribution in [0.25, 0.3) is 0 Å². The van der Waals surface area contributed by atoms with Gasteiger partial charge in [-0.2, -0.15) is 0 Å². The summed E-state index contributed by atoms with van der Waals surface area (Å²) in [7, 11) is 0. The van der Waals surface area contributed by atoms with Crippen molar-refractivity contribution in [1.29, 1.82) is 0 Å². The highest BCUT2D eigenvalue weighted by Crippen LogP contribution is 2.29. The van der Waals surface area contributed by atoms with Crippen LogP contribution in [0.4, 0.5) is 0 Å². The molecule has 0 spiro atoms. The topological polar surface area (TPSA) is 37.3 Å². The first-order valence-corrected chi connectivity index (χ1v) is 6.87. The summed E-state index contributed by atoms with van der Waals surface area (Å²) in [5, 5.41) is 10.6. The molecule has 0 saturated carbocycles. The summed E-state index contributed by atoms with van der Waals surface area (Å²) in [4.78, 5) is 11.8. The zero-order valence-corrected chi connectivity index (χ0v) is 12.3. The number of hydrogen-bond acceptors (Lipinski definition) is 2. The lowest BCUT2D eigenvalue weighted by Crippen LogP contribution is -2.27. The summed E-state index contributed by atoms with van der Waals surface area (Å²) >= 11 is 0. The van der Waals surface area contributed by atoms with Gasteiger partial charge in [-0.15, -0.1) is 0 Å². The maximum atomic E-state index is 11.8. The molecule has 0 aromatic heterocycles. The van der Waals surface area contributed by atoms with Crippen molar-refractivity contribution >= 4 is 5.78 Å². The van der Waals surface area contributed by atoms with E-state index in [2.05, 4.69) is 11.8 Å². The molecule has 0 amide bonds. The van der Waals surface area contributed by atoms with Crippen molar-refractivity contribution in [3.8, 4) is 11.8 Å². The number of hydrogen-bond donors (Lipinski definition) is 1. The molecular formula is C19H18O2.